The van der Waals surface area contributed by atoms with E-state index in [2.05, 4.69) is 9.62 Å². The smallest absolute Gasteiger partial charge is 0.241 e. The fourth-order valence-corrected chi connectivity index (χ4v) is 4.14. The lowest BCUT2D eigenvalue weighted by molar-refractivity contribution is 0.0345. The number of rotatable bonds is 6. The molecule has 1 atom stereocenters. The highest BCUT2D eigenvalue weighted by atomic mass is 32.2. The van der Waals surface area contributed by atoms with Crippen LogP contribution in [-0.2, 0) is 14.8 Å². The topological polar surface area (TPSA) is 58.6 Å². The third-order valence-electron chi connectivity index (χ3n) is 4.38. The van der Waals surface area contributed by atoms with Gasteiger partial charge in [-0.2, -0.15) is 0 Å². The Morgan fingerprint density at radius 3 is 2.32 bits per heavy atom. The van der Waals surface area contributed by atoms with E-state index in [4.69, 9.17) is 4.74 Å². The zero-order valence-corrected chi connectivity index (χ0v) is 15.2. The number of hydrogen-bond donors (Lipinski definition) is 1. The quantitative estimate of drug-likeness (QED) is 0.859. The largest absolute Gasteiger partial charge is 0.379 e. The summed E-state index contributed by atoms with van der Waals surface area (Å²) in [5.74, 6) is 0. The van der Waals surface area contributed by atoms with Gasteiger partial charge in [0, 0.05) is 19.6 Å². The Labute approximate surface area is 149 Å². The molecule has 0 saturated carbocycles. The average molecular weight is 360 g/mol. The van der Waals surface area contributed by atoms with E-state index in [1.807, 2.05) is 37.3 Å². The zero-order valence-electron chi connectivity index (χ0n) is 14.4. The molecule has 0 aromatic heterocycles. The molecule has 0 spiro atoms. The van der Waals surface area contributed by atoms with Gasteiger partial charge < -0.3 is 4.74 Å². The van der Waals surface area contributed by atoms with Gasteiger partial charge in [-0.15, -0.1) is 0 Å². The van der Waals surface area contributed by atoms with Crippen LogP contribution < -0.4 is 4.72 Å². The second kappa shape index (κ2) is 8.10. The van der Waals surface area contributed by atoms with Gasteiger partial charge in [0.05, 0.1) is 24.2 Å². The van der Waals surface area contributed by atoms with E-state index < -0.39 is 10.0 Å². The molecule has 2 aromatic carbocycles. The first kappa shape index (κ1) is 18.1. The van der Waals surface area contributed by atoms with Crippen molar-refractivity contribution in [3.8, 4) is 0 Å². The van der Waals surface area contributed by atoms with Crippen molar-refractivity contribution in [3.63, 3.8) is 0 Å². The highest BCUT2D eigenvalue weighted by Gasteiger charge is 2.24. The molecule has 1 N–H and O–H groups in total. The normalized spacial score (nSPS) is 17.3. The first-order valence-corrected chi connectivity index (χ1v) is 9.97. The van der Waals surface area contributed by atoms with Crippen molar-refractivity contribution >= 4 is 10.0 Å². The Balaban J connectivity index is 1.83. The molecule has 5 nitrogen and oxygen atoms in total. The molecule has 0 amide bonds. The molecule has 0 aliphatic carbocycles. The highest BCUT2D eigenvalue weighted by Crippen LogP contribution is 2.20. The second-order valence-corrected chi connectivity index (χ2v) is 8.02. The third kappa shape index (κ3) is 4.89. The van der Waals surface area contributed by atoms with Crippen molar-refractivity contribution in [3.05, 3.63) is 65.7 Å². The van der Waals surface area contributed by atoms with E-state index in [9.17, 15) is 8.42 Å². The van der Waals surface area contributed by atoms with Crippen molar-refractivity contribution in [2.24, 2.45) is 0 Å². The minimum absolute atomic E-state index is 0.286. The number of aryl methyl sites for hydroxylation is 1. The molecule has 0 bridgehead atoms. The van der Waals surface area contributed by atoms with E-state index in [1.165, 1.54) is 0 Å². The SMILES string of the molecule is Cc1ccc([C@@H](CN2CCOCC2)NS(=O)(=O)c2ccccc2)cc1. The van der Waals surface area contributed by atoms with Crippen LogP contribution >= 0.6 is 0 Å². The molecule has 1 heterocycles. The fraction of sp³-hybridized carbons (Fsp3) is 0.368. The summed E-state index contributed by atoms with van der Waals surface area (Å²) in [6.07, 6.45) is 0. The van der Waals surface area contributed by atoms with E-state index in [-0.39, 0.29) is 10.9 Å². The predicted octanol–water partition coefficient (Wildman–Crippen LogP) is 2.35. The van der Waals surface area contributed by atoms with E-state index in [1.54, 1.807) is 24.3 Å². The summed E-state index contributed by atoms with van der Waals surface area (Å²) < 4.78 is 33.8. The average Bonchev–Trinajstić information content (AvgIpc) is 2.63. The van der Waals surface area contributed by atoms with Crippen molar-refractivity contribution < 1.29 is 13.2 Å². The summed E-state index contributed by atoms with van der Waals surface area (Å²) in [4.78, 5) is 2.52. The highest BCUT2D eigenvalue weighted by molar-refractivity contribution is 7.89. The van der Waals surface area contributed by atoms with Gasteiger partial charge in [-0.05, 0) is 24.6 Å². The second-order valence-electron chi connectivity index (χ2n) is 6.31. The lowest BCUT2D eigenvalue weighted by Gasteiger charge is -2.31. The molecule has 25 heavy (non-hydrogen) atoms. The van der Waals surface area contributed by atoms with Crippen LogP contribution in [-0.4, -0.2) is 46.2 Å². The molecule has 1 aliphatic heterocycles. The minimum Gasteiger partial charge on any atom is -0.379 e. The summed E-state index contributed by atoms with van der Waals surface area (Å²) in [6, 6.07) is 16.2. The maximum atomic E-state index is 12.8. The van der Waals surface area contributed by atoms with Gasteiger partial charge in [-0.3, -0.25) is 4.90 Å². The number of nitrogens with zero attached hydrogens (tertiary/aromatic N) is 1. The van der Waals surface area contributed by atoms with Gasteiger partial charge in [0.1, 0.15) is 0 Å². The van der Waals surface area contributed by atoms with Crippen LogP contribution in [0, 0.1) is 6.92 Å². The van der Waals surface area contributed by atoms with Crippen LogP contribution in [0.15, 0.2) is 59.5 Å². The van der Waals surface area contributed by atoms with Gasteiger partial charge in [-0.1, -0.05) is 48.0 Å². The predicted molar refractivity (Wildman–Crippen MR) is 97.9 cm³/mol. The van der Waals surface area contributed by atoms with E-state index >= 15 is 0 Å². The van der Waals surface area contributed by atoms with Gasteiger partial charge in [0.15, 0.2) is 0 Å². The molecule has 1 fully saturated rings. The molecule has 0 unspecified atom stereocenters. The van der Waals surface area contributed by atoms with Crippen molar-refractivity contribution in [1.82, 2.24) is 9.62 Å². The molecule has 6 heteroatoms. The standard InChI is InChI=1S/C19H24N2O3S/c1-16-7-9-17(10-8-16)19(15-21-11-13-24-14-12-21)20-25(22,23)18-5-3-2-4-6-18/h2-10,19-20H,11-15H2,1H3/t19-/m1/s1. The number of hydrogen-bond acceptors (Lipinski definition) is 4. The summed E-state index contributed by atoms with van der Waals surface area (Å²) in [7, 11) is -3.58. The van der Waals surface area contributed by atoms with E-state index in [0.29, 0.717) is 19.8 Å². The summed E-state index contributed by atoms with van der Waals surface area (Å²) in [6.45, 7) is 5.65. The molecule has 1 aliphatic rings. The first-order valence-electron chi connectivity index (χ1n) is 8.49. The summed E-state index contributed by atoms with van der Waals surface area (Å²) >= 11 is 0. The first-order chi connectivity index (χ1) is 12.0. The van der Waals surface area contributed by atoms with Crippen molar-refractivity contribution in [2.45, 2.75) is 17.9 Å². The maximum absolute atomic E-state index is 12.8. The Bertz CT molecular complexity index is 770. The molecule has 0 radical (unpaired) electrons. The van der Waals surface area contributed by atoms with Crippen molar-refractivity contribution in [2.75, 3.05) is 32.8 Å². The Kier molecular flexibility index (Phi) is 5.86. The van der Waals surface area contributed by atoms with Gasteiger partial charge in [-0.25, -0.2) is 13.1 Å². The van der Waals surface area contributed by atoms with Crippen LogP contribution in [0.3, 0.4) is 0 Å². The Morgan fingerprint density at radius 2 is 1.68 bits per heavy atom. The Hall–Kier alpha value is -1.73. The molecule has 2 aromatic rings. The molecule has 3 rings (SSSR count). The number of ether oxygens (including phenoxy) is 1. The van der Waals surface area contributed by atoms with Gasteiger partial charge >= 0.3 is 0 Å². The maximum Gasteiger partial charge on any atom is 0.241 e. The van der Waals surface area contributed by atoms with Crippen LogP contribution in [0.1, 0.15) is 17.2 Å². The minimum atomic E-state index is -3.58. The number of sulfonamides is 1. The lowest BCUT2D eigenvalue weighted by atomic mass is 10.1. The van der Waals surface area contributed by atoms with Crippen LogP contribution in [0.4, 0.5) is 0 Å². The fourth-order valence-electron chi connectivity index (χ4n) is 2.91. The molecule has 134 valence electrons. The number of benzene rings is 2. The number of nitrogens with one attached hydrogen (secondary N) is 1. The summed E-state index contributed by atoms with van der Waals surface area (Å²) in [5, 5.41) is 0. The molecular weight excluding hydrogens is 336 g/mol. The van der Waals surface area contributed by atoms with Crippen molar-refractivity contribution in [1.29, 1.82) is 0 Å². The summed E-state index contributed by atoms with van der Waals surface area (Å²) in [5.41, 5.74) is 2.12. The monoisotopic (exact) mass is 360 g/mol. The van der Waals surface area contributed by atoms with Gasteiger partial charge in [0.2, 0.25) is 10.0 Å². The Morgan fingerprint density at radius 1 is 1.04 bits per heavy atom. The zero-order chi connectivity index (χ0) is 17.7. The molecular formula is C19H24N2O3S. The molecule has 1 saturated heterocycles. The van der Waals surface area contributed by atoms with Crippen LogP contribution in [0.5, 0.6) is 0 Å². The third-order valence-corrected chi connectivity index (χ3v) is 5.86. The lowest BCUT2D eigenvalue weighted by Crippen LogP contribution is -2.43. The van der Waals surface area contributed by atoms with Crippen LogP contribution in [0.2, 0.25) is 0 Å². The van der Waals surface area contributed by atoms with Gasteiger partial charge in [0.25, 0.3) is 0 Å². The van der Waals surface area contributed by atoms with Crippen LogP contribution in [0.25, 0.3) is 0 Å². The van der Waals surface area contributed by atoms with E-state index in [0.717, 1.165) is 24.2 Å². The number of morpholine rings is 1.